The molecule has 0 heterocycles. The number of aromatic hydroxyl groups is 1. The quantitative estimate of drug-likeness (QED) is 0.874. The van der Waals surface area contributed by atoms with Gasteiger partial charge in [0.25, 0.3) is 5.91 Å². The first kappa shape index (κ1) is 13.9. The Kier molecular flexibility index (Phi) is 4.10. The number of nitrogens with two attached hydrogens (primary N) is 1. The van der Waals surface area contributed by atoms with Gasteiger partial charge in [-0.05, 0) is 56.0 Å². The number of phenolic OH excluding ortho intramolecular Hbond substituents is 1. The van der Waals surface area contributed by atoms with Gasteiger partial charge >= 0.3 is 0 Å². The largest absolute Gasteiger partial charge is 0.508 e. The van der Waals surface area contributed by atoms with Crippen LogP contribution < -0.4 is 5.73 Å². The fourth-order valence-electron chi connectivity index (χ4n) is 2.94. The first-order chi connectivity index (χ1) is 9.04. The predicted molar refractivity (Wildman–Crippen MR) is 75.1 cm³/mol. The van der Waals surface area contributed by atoms with Crippen LogP contribution >= 0.6 is 0 Å². The number of benzene rings is 1. The van der Waals surface area contributed by atoms with Crippen molar-refractivity contribution in [1.82, 2.24) is 4.90 Å². The Labute approximate surface area is 114 Å². The van der Waals surface area contributed by atoms with Gasteiger partial charge in [-0.1, -0.05) is 6.42 Å². The van der Waals surface area contributed by atoms with Crippen LogP contribution in [0, 0.1) is 12.8 Å². The predicted octanol–water partition coefficient (Wildman–Crippen LogP) is 1.90. The van der Waals surface area contributed by atoms with Crippen molar-refractivity contribution >= 4 is 5.91 Å². The summed E-state index contributed by atoms with van der Waals surface area (Å²) in [6.07, 6.45) is 3.27. The maximum absolute atomic E-state index is 12.5. The van der Waals surface area contributed by atoms with Crippen LogP contribution in [0.25, 0.3) is 0 Å². The zero-order valence-electron chi connectivity index (χ0n) is 11.6. The molecule has 1 amide bonds. The van der Waals surface area contributed by atoms with Gasteiger partial charge in [0, 0.05) is 18.7 Å². The Bertz CT molecular complexity index is 473. The molecule has 0 spiro atoms. The Morgan fingerprint density at radius 1 is 1.47 bits per heavy atom. The molecule has 1 fully saturated rings. The van der Waals surface area contributed by atoms with E-state index in [0.29, 0.717) is 18.0 Å². The summed E-state index contributed by atoms with van der Waals surface area (Å²) >= 11 is 0. The minimum atomic E-state index is 0.00782. The third kappa shape index (κ3) is 2.73. The third-order valence-corrected chi connectivity index (χ3v) is 4.18. The Hall–Kier alpha value is -1.55. The van der Waals surface area contributed by atoms with Crippen LogP contribution in [-0.4, -0.2) is 35.5 Å². The van der Waals surface area contributed by atoms with E-state index in [0.717, 1.165) is 24.8 Å². The molecule has 104 valence electrons. The molecule has 1 aromatic carbocycles. The maximum Gasteiger partial charge on any atom is 0.253 e. The standard InChI is InChI=1S/C15H22N2O2/c1-10-8-11(6-7-14(10)18)15(19)17(2)13-5-3-4-12(13)9-16/h6-8,12-13,18H,3-5,9,16H2,1-2H3. The number of phenols is 1. The van der Waals surface area contributed by atoms with Gasteiger partial charge in [0.2, 0.25) is 0 Å². The molecule has 0 bridgehead atoms. The molecule has 1 saturated carbocycles. The molecule has 4 heteroatoms. The number of carbonyl (C=O) groups is 1. The molecule has 2 rings (SSSR count). The number of hydrogen-bond donors (Lipinski definition) is 2. The van der Waals surface area contributed by atoms with E-state index >= 15 is 0 Å². The second-order valence-electron chi connectivity index (χ2n) is 5.41. The van der Waals surface area contributed by atoms with E-state index in [4.69, 9.17) is 5.73 Å². The average molecular weight is 262 g/mol. The van der Waals surface area contributed by atoms with Gasteiger partial charge < -0.3 is 15.7 Å². The van der Waals surface area contributed by atoms with Crippen molar-refractivity contribution in [3.05, 3.63) is 29.3 Å². The summed E-state index contributed by atoms with van der Waals surface area (Å²) in [5.74, 6) is 0.639. The highest BCUT2D eigenvalue weighted by Crippen LogP contribution is 2.29. The van der Waals surface area contributed by atoms with Gasteiger partial charge in [-0.2, -0.15) is 0 Å². The molecule has 0 aromatic heterocycles. The van der Waals surface area contributed by atoms with Crippen LogP contribution in [0.4, 0.5) is 0 Å². The molecule has 0 radical (unpaired) electrons. The van der Waals surface area contributed by atoms with E-state index in [1.165, 1.54) is 0 Å². The zero-order chi connectivity index (χ0) is 14.0. The summed E-state index contributed by atoms with van der Waals surface area (Å²) in [6.45, 7) is 2.43. The number of aryl methyl sites for hydroxylation is 1. The van der Waals surface area contributed by atoms with Crippen molar-refractivity contribution < 1.29 is 9.90 Å². The maximum atomic E-state index is 12.5. The molecule has 1 aromatic rings. The topological polar surface area (TPSA) is 66.6 Å². The van der Waals surface area contributed by atoms with Gasteiger partial charge in [0.15, 0.2) is 0 Å². The van der Waals surface area contributed by atoms with Gasteiger partial charge in [-0.15, -0.1) is 0 Å². The minimum absolute atomic E-state index is 0.00782. The van der Waals surface area contributed by atoms with Crippen LogP contribution in [0.15, 0.2) is 18.2 Å². The van der Waals surface area contributed by atoms with Crippen molar-refractivity contribution in [2.45, 2.75) is 32.2 Å². The monoisotopic (exact) mass is 262 g/mol. The van der Waals surface area contributed by atoms with Crippen molar-refractivity contribution in [1.29, 1.82) is 0 Å². The lowest BCUT2D eigenvalue weighted by atomic mass is 10.0. The highest BCUT2D eigenvalue weighted by Gasteiger charge is 2.32. The van der Waals surface area contributed by atoms with E-state index in [-0.39, 0.29) is 17.7 Å². The average Bonchev–Trinajstić information content (AvgIpc) is 2.88. The molecule has 3 N–H and O–H groups in total. The molecule has 2 atom stereocenters. The summed E-state index contributed by atoms with van der Waals surface area (Å²) in [5, 5.41) is 9.51. The number of nitrogens with zero attached hydrogens (tertiary/aromatic N) is 1. The van der Waals surface area contributed by atoms with Crippen molar-refractivity contribution in [2.75, 3.05) is 13.6 Å². The molecule has 19 heavy (non-hydrogen) atoms. The Morgan fingerprint density at radius 2 is 2.21 bits per heavy atom. The lowest BCUT2D eigenvalue weighted by molar-refractivity contribution is 0.0700. The molecular formula is C15H22N2O2. The lowest BCUT2D eigenvalue weighted by Crippen LogP contribution is -2.41. The number of amides is 1. The third-order valence-electron chi connectivity index (χ3n) is 4.18. The van der Waals surface area contributed by atoms with Crippen LogP contribution in [0.1, 0.15) is 35.2 Å². The SMILES string of the molecule is Cc1cc(C(=O)N(C)C2CCCC2CN)ccc1O. The zero-order valence-corrected chi connectivity index (χ0v) is 11.6. The highest BCUT2D eigenvalue weighted by atomic mass is 16.3. The molecule has 1 aliphatic carbocycles. The van der Waals surface area contributed by atoms with Crippen LogP contribution in [-0.2, 0) is 0 Å². The fourth-order valence-corrected chi connectivity index (χ4v) is 2.94. The van der Waals surface area contributed by atoms with Crippen LogP contribution in [0.3, 0.4) is 0 Å². The first-order valence-corrected chi connectivity index (χ1v) is 6.81. The summed E-state index contributed by atoms with van der Waals surface area (Å²) in [4.78, 5) is 14.3. The van der Waals surface area contributed by atoms with E-state index in [1.807, 2.05) is 11.9 Å². The Balaban J connectivity index is 2.16. The fraction of sp³-hybridized carbons (Fsp3) is 0.533. The lowest BCUT2D eigenvalue weighted by Gasteiger charge is -2.29. The number of carbonyl (C=O) groups excluding carboxylic acids is 1. The normalized spacial score (nSPS) is 22.5. The minimum Gasteiger partial charge on any atom is -0.508 e. The molecule has 2 unspecified atom stereocenters. The van der Waals surface area contributed by atoms with E-state index in [9.17, 15) is 9.90 Å². The molecule has 4 nitrogen and oxygen atoms in total. The van der Waals surface area contributed by atoms with Crippen LogP contribution in [0.2, 0.25) is 0 Å². The summed E-state index contributed by atoms with van der Waals surface area (Å²) in [6, 6.07) is 5.23. The summed E-state index contributed by atoms with van der Waals surface area (Å²) < 4.78 is 0. The van der Waals surface area contributed by atoms with E-state index in [1.54, 1.807) is 25.1 Å². The second-order valence-corrected chi connectivity index (χ2v) is 5.41. The van der Waals surface area contributed by atoms with Gasteiger partial charge in [-0.25, -0.2) is 0 Å². The molecule has 0 saturated heterocycles. The van der Waals surface area contributed by atoms with Crippen molar-refractivity contribution in [3.63, 3.8) is 0 Å². The number of rotatable bonds is 3. The molecule has 1 aliphatic rings. The molecular weight excluding hydrogens is 240 g/mol. The smallest absolute Gasteiger partial charge is 0.253 e. The Morgan fingerprint density at radius 3 is 2.84 bits per heavy atom. The van der Waals surface area contributed by atoms with Crippen molar-refractivity contribution in [3.8, 4) is 5.75 Å². The summed E-state index contributed by atoms with van der Waals surface area (Å²) in [5.41, 5.74) is 7.12. The summed E-state index contributed by atoms with van der Waals surface area (Å²) in [7, 11) is 1.85. The first-order valence-electron chi connectivity index (χ1n) is 6.81. The molecule has 0 aliphatic heterocycles. The highest BCUT2D eigenvalue weighted by molar-refractivity contribution is 5.94. The van der Waals surface area contributed by atoms with Crippen LogP contribution in [0.5, 0.6) is 5.75 Å². The van der Waals surface area contributed by atoms with Gasteiger partial charge in [0.1, 0.15) is 5.75 Å². The van der Waals surface area contributed by atoms with Gasteiger partial charge in [0.05, 0.1) is 0 Å². The second kappa shape index (κ2) is 5.61. The number of hydrogen-bond acceptors (Lipinski definition) is 3. The van der Waals surface area contributed by atoms with E-state index in [2.05, 4.69) is 0 Å². The van der Waals surface area contributed by atoms with Gasteiger partial charge in [-0.3, -0.25) is 4.79 Å². The van der Waals surface area contributed by atoms with E-state index < -0.39 is 0 Å². The van der Waals surface area contributed by atoms with Crippen molar-refractivity contribution in [2.24, 2.45) is 11.7 Å².